The van der Waals surface area contributed by atoms with Crippen LogP contribution >= 0.6 is 0 Å². The first-order chi connectivity index (χ1) is 23.1. The number of methoxy groups -OCH3 is 1. The molecule has 1 saturated heterocycles. The number of phenols is 1. The van der Waals surface area contributed by atoms with E-state index >= 15 is 0 Å². The molecule has 11 heteroatoms. The molecule has 5 aliphatic heterocycles. The fourth-order valence-corrected chi connectivity index (χ4v) is 9.18. The van der Waals surface area contributed by atoms with Gasteiger partial charge in [-0.05, 0) is 80.6 Å². The standard InChI is InChI=1S/C37H36N4O7/c1-17-10-20-12-25-27(14-38)41-26(31(39(25)4)29(20)32(43)33(17)46-5)13-24-23(11-18(2)42)19(3)34-35(48-16-47-34)30(24)28(41)15-40-36(44)21-8-6-7-9-22(21)37(40)45/h6-10,25-28,31,43H,11-13,15-16H2,1-5H3/t25-,26-,27-,28-,31-/m0/s1. The van der Waals surface area contributed by atoms with Gasteiger partial charge in [0.1, 0.15) is 11.8 Å². The molecule has 2 bridgehead atoms. The molecular weight excluding hydrogens is 612 g/mol. The number of phenolic OH excluding ortho intramolecular Hbond substituents is 1. The first-order valence-corrected chi connectivity index (χ1v) is 16.2. The van der Waals surface area contributed by atoms with Crippen molar-refractivity contribution in [2.24, 2.45) is 0 Å². The Bertz CT molecular complexity index is 1970. The molecule has 0 spiro atoms. The third-order valence-electron chi connectivity index (χ3n) is 11.1. The molecule has 8 rings (SSSR count). The highest BCUT2D eigenvalue weighted by molar-refractivity contribution is 6.21. The van der Waals surface area contributed by atoms with E-state index in [9.17, 15) is 24.8 Å². The van der Waals surface area contributed by atoms with Crippen molar-refractivity contribution >= 4 is 17.6 Å². The number of carbonyl (C=O) groups excluding carboxylic acids is 3. The maximum atomic E-state index is 13.8. The summed E-state index contributed by atoms with van der Waals surface area (Å²) in [7, 11) is 3.53. The largest absolute Gasteiger partial charge is 0.504 e. The maximum absolute atomic E-state index is 13.8. The molecule has 48 heavy (non-hydrogen) atoms. The molecule has 246 valence electrons. The molecule has 5 aliphatic rings. The van der Waals surface area contributed by atoms with Gasteiger partial charge in [-0.25, -0.2) is 0 Å². The van der Waals surface area contributed by atoms with Crippen LogP contribution < -0.4 is 14.2 Å². The third-order valence-corrected chi connectivity index (χ3v) is 11.1. The summed E-state index contributed by atoms with van der Waals surface area (Å²) in [6, 6.07) is 9.12. The number of likely N-dealkylation sites (N-methyl/N-ethyl adjacent to an activating group) is 1. The van der Waals surface area contributed by atoms with Gasteiger partial charge >= 0.3 is 0 Å². The fraction of sp³-hybridized carbons (Fsp3) is 0.405. The van der Waals surface area contributed by atoms with Crippen molar-refractivity contribution < 1.29 is 33.7 Å². The van der Waals surface area contributed by atoms with Crippen LogP contribution in [0.2, 0.25) is 0 Å². The Morgan fingerprint density at radius 1 is 1.06 bits per heavy atom. The van der Waals surface area contributed by atoms with E-state index in [0.29, 0.717) is 41.2 Å². The number of fused-ring (bicyclic) bond motifs is 10. The number of Topliss-reactive ketones (excluding diaryl/α,β-unsaturated/α-hetero) is 1. The van der Waals surface area contributed by atoms with Crippen LogP contribution in [0.4, 0.5) is 0 Å². The van der Waals surface area contributed by atoms with Gasteiger partial charge in [-0.15, -0.1) is 0 Å². The minimum Gasteiger partial charge on any atom is -0.504 e. The summed E-state index contributed by atoms with van der Waals surface area (Å²) in [6.45, 7) is 5.33. The summed E-state index contributed by atoms with van der Waals surface area (Å²) in [5, 5.41) is 22.7. The summed E-state index contributed by atoms with van der Waals surface area (Å²) < 4.78 is 17.8. The number of nitrogens with zero attached hydrogens (tertiary/aromatic N) is 4. The topological polar surface area (TPSA) is 133 Å². The number of piperazine rings is 1. The number of ether oxygens (including phenoxy) is 3. The van der Waals surface area contributed by atoms with Crippen LogP contribution in [0.5, 0.6) is 23.0 Å². The summed E-state index contributed by atoms with van der Waals surface area (Å²) in [5.74, 6) is 0.745. The molecule has 0 aliphatic carbocycles. The number of amides is 2. The molecule has 0 aromatic heterocycles. The van der Waals surface area contributed by atoms with Gasteiger partial charge in [-0.1, -0.05) is 18.2 Å². The van der Waals surface area contributed by atoms with Gasteiger partial charge in [0.05, 0.1) is 36.4 Å². The zero-order valence-electron chi connectivity index (χ0n) is 27.5. The number of benzene rings is 3. The first-order valence-electron chi connectivity index (χ1n) is 16.2. The lowest BCUT2D eigenvalue weighted by Gasteiger charge is -2.60. The van der Waals surface area contributed by atoms with E-state index in [2.05, 4.69) is 15.9 Å². The second-order valence-electron chi connectivity index (χ2n) is 13.5. The van der Waals surface area contributed by atoms with Crippen LogP contribution in [0.15, 0.2) is 30.3 Å². The molecule has 0 unspecified atom stereocenters. The first kappa shape index (κ1) is 30.4. The van der Waals surface area contributed by atoms with Crippen LogP contribution in [0, 0.1) is 25.2 Å². The van der Waals surface area contributed by atoms with Crippen molar-refractivity contribution in [2.45, 2.75) is 70.2 Å². The molecule has 0 saturated carbocycles. The van der Waals surface area contributed by atoms with Crippen LogP contribution in [0.1, 0.15) is 78.7 Å². The van der Waals surface area contributed by atoms with Gasteiger partial charge in [-0.2, -0.15) is 5.26 Å². The molecule has 0 radical (unpaired) electrons. The molecule has 2 amide bonds. The Hall–Kier alpha value is -4.92. The molecule has 5 atom stereocenters. The van der Waals surface area contributed by atoms with Crippen molar-refractivity contribution in [2.75, 3.05) is 27.5 Å². The van der Waals surface area contributed by atoms with Crippen LogP contribution in [0.25, 0.3) is 0 Å². The van der Waals surface area contributed by atoms with E-state index in [1.54, 1.807) is 31.2 Å². The normalized spacial score (nSPS) is 25.2. The van der Waals surface area contributed by atoms with Gasteiger partial charge in [0.15, 0.2) is 23.0 Å². The predicted octanol–water partition coefficient (Wildman–Crippen LogP) is 3.95. The Morgan fingerprint density at radius 2 is 1.75 bits per heavy atom. The quantitative estimate of drug-likeness (QED) is 0.406. The van der Waals surface area contributed by atoms with E-state index in [4.69, 9.17) is 14.2 Å². The number of ketones is 1. The predicted molar refractivity (Wildman–Crippen MR) is 172 cm³/mol. The van der Waals surface area contributed by atoms with Crippen LogP contribution in [-0.4, -0.2) is 83.0 Å². The van der Waals surface area contributed by atoms with E-state index in [-0.39, 0.29) is 49.4 Å². The van der Waals surface area contributed by atoms with Gasteiger partial charge < -0.3 is 19.3 Å². The smallest absolute Gasteiger partial charge is 0.261 e. The second kappa shape index (κ2) is 10.8. The van der Waals surface area contributed by atoms with Gasteiger partial charge in [0, 0.05) is 36.2 Å². The summed E-state index contributed by atoms with van der Waals surface area (Å²) in [4.78, 5) is 46.0. The molecule has 3 aromatic carbocycles. The highest BCUT2D eigenvalue weighted by Gasteiger charge is 2.57. The second-order valence-corrected chi connectivity index (χ2v) is 13.5. The molecule has 3 aromatic rings. The SMILES string of the molecule is COc1c(C)cc2c(c1O)[C@@H]1[C@@H]3Cc4c(CC(C)=O)c(C)c5c(c4[C@H](CN4C(=O)c6ccccc6C4=O)N3[C@@H](C#N)[C@H](C2)N1C)OCO5. The number of carbonyl (C=O) groups is 3. The summed E-state index contributed by atoms with van der Waals surface area (Å²) in [5.41, 5.74) is 6.48. The van der Waals surface area contributed by atoms with Crippen molar-refractivity contribution in [3.8, 4) is 29.1 Å². The molecule has 5 heterocycles. The van der Waals surface area contributed by atoms with Crippen LogP contribution in [-0.2, 0) is 24.1 Å². The zero-order valence-corrected chi connectivity index (χ0v) is 27.5. The Kier molecular flexibility index (Phi) is 6.84. The lowest BCUT2D eigenvalue weighted by Crippen LogP contribution is -2.69. The number of aromatic hydroxyl groups is 1. The highest BCUT2D eigenvalue weighted by atomic mass is 16.7. The maximum Gasteiger partial charge on any atom is 0.261 e. The minimum absolute atomic E-state index is 0.00857. The number of rotatable bonds is 5. The molecule has 11 nitrogen and oxygen atoms in total. The highest BCUT2D eigenvalue weighted by Crippen LogP contribution is 2.57. The van der Waals surface area contributed by atoms with E-state index < -0.39 is 23.9 Å². The molecule has 1 fully saturated rings. The lowest BCUT2D eigenvalue weighted by atomic mass is 9.70. The summed E-state index contributed by atoms with van der Waals surface area (Å²) in [6.07, 6.45) is 1.11. The van der Waals surface area contributed by atoms with E-state index in [1.807, 2.05) is 27.0 Å². The monoisotopic (exact) mass is 648 g/mol. The average Bonchev–Trinajstić information content (AvgIpc) is 3.64. The number of hydrogen-bond acceptors (Lipinski definition) is 10. The summed E-state index contributed by atoms with van der Waals surface area (Å²) >= 11 is 0. The van der Waals surface area contributed by atoms with Gasteiger partial charge in [0.2, 0.25) is 6.79 Å². The average molecular weight is 649 g/mol. The Balaban J connectivity index is 1.38. The minimum atomic E-state index is -0.665. The number of hydrogen-bond donors (Lipinski definition) is 1. The van der Waals surface area contributed by atoms with Crippen LogP contribution in [0.3, 0.4) is 0 Å². The Morgan fingerprint density at radius 3 is 2.40 bits per heavy atom. The lowest BCUT2D eigenvalue weighted by molar-refractivity contribution is -0.116. The fourth-order valence-electron chi connectivity index (χ4n) is 9.18. The van der Waals surface area contributed by atoms with E-state index in [1.165, 1.54) is 12.0 Å². The molecular formula is C37H36N4O7. The van der Waals surface area contributed by atoms with Crippen molar-refractivity contribution in [1.82, 2.24) is 14.7 Å². The van der Waals surface area contributed by atoms with E-state index in [0.717, 1.165) is 38.9 Å². The third kappa shape index (κ3) is 4.02. The van der Waals surface area contributed by atoms with Crippen molar-refractivity contribution in [3.63, 3.8) is 0 Å². The van der Waals surface area contributed by atoms with Gasteiger partial charge in [0.25, 0.3) is 11.8 Å². The van der Waals surface area contributed by atoms with Gasteiger partial charge in [-0.3, -0.25) is 29.1 Å². The number of aryl methyl sites for hydroxylation is 1. The Labute approximate surface area is 278 Å². The number of imide groups is 1. The zero-order chi connectivity index (χ0) is 33.8. The number of nitriles is 1. The molecule has 1 N–H and O–H groups in total. The van der Waals surface area contributed by atoms with Crippen molar-refractivity contribution in [1.29, 1.82) is 5.26 Å². The van der Waals surface area contributed by atoms with Crippen molar-refractivity contribution in [3.05, 3.63) is 80.4 Å².